The zero-order valence-corrected chi connectivity index (χ0v) is 10.9. The molecule has 2 rings (SSSR count). The summed E-state index contributed by atoms with van der Waals surface area (Å²) >= 11 is 5.74. The van der Waals surface area contributed by atoms with Crippen LogP contribution in [-0.2, 0) is 0 Å². The Hall–Kier alpha value is -2.60. The Morgan fingerprint density at radius 1 is 1.25 bits per heavy atom. The van der Waals surface area contributed by atoms with E-state index in [0.717, 1.165) is 0 Å². The van der Waals surface area contributed by atoms with Crippen LogP contribution in [0, 0.1) is 0 Å². The van der Waals surface area contributed by atoms with Gasteiger partial charge in [-0.25, -0.2) is 9.78 Å². The van der Waals surface area contributed by atoms with Crippen LogP contribution in [0.25, 0.3) is 0 Å². The van der Waals surface area contributed by atoms with Crippen LogP contribution in [0.3, 0.4) is 0 Å². The van der Waals surface area contributed by atoms with Crippen molar-refractivity contribution in [3.8, 4) is 0 Å². The number of nitrogens with zero attached hydrogens (tertiary/aromatic N) is 1. The Balaban J connectivity index is 2.21. The average molecular weight is 292 g/mol. The van der Waals surface area contributed by atoms with E-state index in [1.807, 2.05) is 0 Å². The minimum atomic E-state index is -1.17. The summed E-state index contributed by atoms with van der Waals surface area (Å²) in [5.41, 5.74) is 6.32. The first kappa shape index (κ1) is 13.8. The number of pyridine rings is 1. The highest BCUT2D eigenvalue weighted by Crippen LogP contribution is 2.21. The molecule has 0 aliphatic carbocycles. The third kappa shape index (κ3) is 3.04. The molecular formula is C13H10ClN3O3. The van der Waals surface area contributed by atoms with Crippen molar-refractivity contribution in [2.24, 2.45) is 0 Å². The molecule has 7 heteroatoms. The Labute approximate surface area is 119 Å². The van der Waals surface area contributed by atoms with Crippen LogP contribution in [0.15, 0.2) is 36.5 Å². The molecule has 0 unspecified atom stereocenters. The van der Waals surface area contributed by atoms with E-state index in [2.05, 4.69) is 10.3 Å². The van der Waals surface area contributed by atoms with Gasteiger partial charge in [-0.15, -0.1) is 0 Å². The molecule has 0 aliphatic rings. The number of amides is 1. The van der Waals surface area contributed by atoms with Crippen LogP contribution in [0.5, 0.6) is 0 Å². The average Bonchev–Trinajstić information content (AvgIpc) is 2.41. The lowest BCUT2D eigenvalue weighted by molar-refractivity contribution is 0.0696. The van der Waals surface area contributed by atoms with Crippen LogP contribution in [0.4, 0.5) is 11.4 Å². The maximum atomic E-state index is 11.9. The van der Waals surface area contributed by atoms with Gasteiger partial charge in [0.05, 0.1) is 22.5 Å². The number of hydrogen-bond acceptors (Lipinski definition) is 4. The Kier molecular flexibility index (Phi) is 3.86. The summed E-state index contributed by atoms with van der Waals surface area (Å²) in [6.45, 7) is 0. The smallest absolute Gasteiger partial charge is 0.337 e. The minimum absolute atomic E-state index is 0.0882. The van der Waals surface area contributed by atoms with Gasteiger partial charge in [-0.2, -0.15) is 0 Å². The topological polar surface area (TPSA) is 105 Å². The van der Waals surface area contributed by atoms with Crippen LogP contribution in [0.2, 0.25) is 5.02 Å². The molecule has 0 aliphatic heterocycles. The normalized spacial score (nSPS) is 10.1. The number of carbonyl (C=O) groups is 2. The highest BCUT2D eigenvalue weighted by atomic mass is 35.5. The standard InChI is InChI=1S/C13H10ClN3O3/c14-10-3-2-8(5-9(10)13(19)20)17-12(18)11-4-1-7(15)6-16-11/h1-6H,15H2,(H,17,18)(H,19,20). The summed E-state index contributed by atoms with van der Waals surface area (Å²) in [5, 5.41) is 11.6. The van der Waals surface area contributed by atoms with E-state index in [-0.39, 0.29) is 16.3 Å². The monoisotopic (exact) mass is 291 g/mol. The second-order valence-electron chi connectivity index (χ2n) is 3.93. The quantitative estimate of drug-likeness (QED) is 0.804. The number of anilines is 2. The molecule has 0 fully saturated rings. The summed E-state index contributed by atoms with van der Waals surface area (Å²) in [4.78, 5) is 26.7. The Morgan fingerprint density at radius 3 is 2.60 bits per heavy atom. The van der Waals surface area contributed by atoms with E-state index >= 15 is 0 Å². The number of benzene rings is 1. The van der Waals surface area contributed by atoms with Gasteiger partial charge in [0.25, 0.3) is 5.91 Å². The van der Waals surface area contributed by atoms with Gasteiger partial charge in [0.15, 0.2) is 0 Å². The van der Waals surface area contributed by atoms with E-state index in [1.54, 1.807) is 6.07 Å². The number of carboxylic acid groups (broad SMARTS) is 1. The van der Waals surface area contributed by atoms with Gasteiger partial charge in [0.1, 0.15) is 5.69 Å². The van der Waals surface area contributed by atoms with E-state index in [1.165, 1.54) is 30.5 Å². The number of rotatable bonds is 3. The Bertz CT molecular complexity index is 671. The number of carboxylic acids is 1. The third-order valence-electron chi connectivity index (χ3n) is 2.47. The summed E-state index contributed by atoms with van der Waals surface area (Å²) in [6, 6.07) is 7.20. The van der Waals surface area contributed by atoms with Gasteiger partial charge in [0.2, 0.25) is 0 Å². The molecule has 1 heterocycles. The zero-order chi connectivity index (χ0) is 14.7. The van der Waals surface area contributed by atoms with Crippen molar-refractivity contribution in [2.75, 3.05) is 11.1 Å². The van der Waals surface area contributed by atoms with E-state index in [9.17, 15) is 9.59 Å². The number of nitrogen functional groups attached to an aromatic ring is 1. The van der Waals surface area contributed by atoms with Crippen molar-refractivity contribution < 1.29 is 14.7 Å². The maximum Gasteiger partial charge on any atom is 0.337 e. The van der Waals surface area contributed by atoms with Crippen molar-refractivity contribution >= 4 is 34.9 Å². The van der Waals surface area contributed by atoms with E-state index in [4.69, 9.17) is 22.4 Å². The van der Waals surface area contributed by atoms with Crippen LogP contribution in [0.1, 0.15) is 20.8 Å². The summed E-state index contributed by atoms with van der Waals surface area (Å²) in [7, 11) is 0. The molecule has 0 saturated heterocycles. The fourth-order valence-electron chi connectivity index (χ4n) is 1.50. The van der Waals surface area contributed by atoms with Crippen molar-refractivity contribution in [1.82, 2.24) is 4.98 Å². The molecule has 0 bridgehead atoms. The van der Waals surface area contributed by atoms with Crippen molar-refractivity contribution in [1.29, 1.82) is 0 Å². The van der Waals surface area contributed by atoms with Gasteiger partial charge in [-0.3, -0.25) is 4.79 Å². The lowest BCUT2D eigenvalue weighted by Gasteiger charge is -2.07. The third-order valence-corrected chi connectivity index (χ3v) is 2.80. The minimum Gasteiger partial charge on any atom is -0.478 e. The fraction of sp³-hybridized carbons (Fsp3) is 0. The molecule has 4 N–H and O–H groups in total. The highest BCUT2D eigenvalue weighted by molar-refractivity contribution is 6.33. The number of aromatic nitrogens is 1. The van der Waals surface area contributed by atoms with Gasteiger partial charge in [-0.1, -0.05) is 11.6 Å². The van der Waals surface area contributed by atoms with E-state index in [0.29, 0.717) is 11.4 Å². The van der Waals surface area contributed by atoms with Crippen molar-refractivity contribution in [2.45, 2.75) is 0 Å². The summed E-state index contributed by atoms with van der Waals surface area (Å²) in [6.07, 6.45) is 1.36. The van der Waals surface area contributed by atoms with Gasteiger partial charge in [0, 0.05) is 5.69 Å². The first-order chi connectivity index (χ1) is 9.47. The zero-order valence-electron chi connectivity index (χ0n) is 10.1. The number of carbonyl (C=O) groups excluding carboxylic acids is 1. The van der Waals surface area contributed by atoms with Crippen LogP contribution in [-0.4, -0.2) is 22.0 Å². The lowest BCUT2D eigenvalue weighted by Crippen LogP contribution is -2.14. The first-order valence-electron chi connectivity index (χ1n) is 5.53. The number of hydrogen-bond donors (Lipinski definition) is 3. The number of nitrogens with two attached hydrogens (primary N) is 1. The van der Waals surface area contributed by atoms with Crippen molar-refractivity contribution in [3.05, 3.63) is 52.8 Å². The van der Waals surface area contributed by atoms with Gasteiger partial charge in [-0.05, 0) is 30.3 Å². The SMILES string of the molecule is Nc1ccc(C(=O)Nc2ccc(Cl)c(C(=O)O)c2)nc1. The molecule has 1 aromatic carbocycles. The van der Waals surface area contributed by atoms with E-state index < -0.39 is 11.9 Å². The predicted molar refractivity (Wildman–Crippen MR) is 75.0 cm³/mol. The molecule has 6 nitrogen and oxygen atoms in total. The highest BCUT2D eigenvalue weighted by Gasteiger charge is 2.12. The maximum absolute atomic E-state index is 11.9. The Morgan fingerprint density at radius 2 is 2.00 bits per heavy atom. The molecule has 0 saturated carbocycles. The van der Waals surface area contributed by atoms with Gasteiger partial charge < -0.3 is 16.2 Å². The summed E-state index contributed by atoms with van der Waals surface area (Å²) in [5.74, 6) is -1.64. The van der Waals surface area contributed by atoms with Crippen molar-refractivity contribution in [3.63, 3.8) is 0 Å². The molecule has 1 amide bonds. The molecule has 0 radical (unpaired) electrons. The molecule has 1 aromatic heterocycles. The van der Waals surface area contributed by atoms with Gasteiger partial charge >= 0.3 is 5.97 Å². The fourth-order valence-corrected chi connectivity index (χ4v) is 1.70. The number of nitrogens with one attached hydrogen (secondary N) is 1. The summed E-state index contributed by atoms with van der Waals surface area (Å²) < 4.78 is 0. The molecule has 2 aromatic rings. The largest absolute Gasteiger partial charge is 0.478 e. The lowest BCUT2D eigenvalue weighted by atomic mass is 10.2. The number of halogens is 1. The molecule has 0 atom stereocenters. The predicted octanol–water partition coefficient (Wildman–Crippen LogP) is 2.27. The second-order valence-corrected chi connectivity index (χ2v) is 4.34. The number of aromatic carboxylic acids is 1. The molecule has 0 spiro atoms. The molecular weight excluding hydrogens is 282 g/mol. The molecule has 20 heavy (non-hydrogen) atoms. The second kappa shape index (κ2) is 5.58. The van der Waals surface area contributed by atoms with Crippen LogP contribution >= 0.6 is 11.6 Å². The molecule has 102 valence electrons. The first-order valence-corrected chi connectivity index (χ1v) is 5.91. The van der Waals surface area contributed by atoms with Crippen LogP contribution < -0.4 is 11.1 Å².